The minimum atomic E-state index is -0.628. The van der Waals surface area contributed by atoms with Gasteiger partial charge in [-0.05, 0) is 93.4 Å². The average Bonchev–Trinajstić information content (AvgIpc) is 3.59. The van der Waals surface area contributed by atoms with Crippen LogP contribution in [0.5, 0.6) is 0 Å². The van der Waals surface area contributed by atoms with Crippen LogP contribution in [0.2, 0.25) is 0 Å². The summed E-state index contributed by atoms with van der Waals surface area (Å²) in [5.74, 6) is 0.0899. The van der Waals surface area contributed by atoms with Crippen LogP contribution in [0.15, 0.2) is 53.5 Å². The topological polar surface area (TPSA) is 112 Å². The lowest BCUT2D eigenvalue weighted by atomic mass is 9.89. The van der Waals surface area contributed by atoms with Gasteiger partial charge in [0.15, 0.2) is 0 Å². The number of likely N-dealkylation sites (N-methyl/N-ethyl adjacent to an activating group) is 1. The Balaban J connectivity index is 1.06. The molecule has 0 bridgehead atoms. The number of carbonyl (C=O) groups is 2. The van der Waals surface area contributed by atoms with Crippen LogP contribution in [-0.4, -0.2) is 130 Å². The molecular weight excluding hydrogens is 604 g/mol. The molecule has 3 saturated heterocycles. The number of amides is 3. The zero-order valence-corrected chi connectivity index (χ0v) is 28.5. The van der Waals surface area contributed by atoms with E-state index >= 15 is 0 Å². The summed E-state index contributed by atoms with van der Waals surface area (Å²) in [6.07, 6.45) is 5.99. The van der Waals surface area contributed by atoms with Crippen LogP contribution in [0, 0.1) is 6.92 Å². The van der Waals surface area contributed by atoms with Crippen molar-refractivity contribution in [3.63, 3.8) is 0 Å². The predicted molar refractivity (Wildman–Crippen MR) is 188 cm³/mol. The van der Waals surface area contributed by atoms with Gasteiger partial charge < -0.3 is 24.6 Å². The number of piperazine rings is 1. The fraction of sp³-hybridized carbons (Fsp3) is 0.514. The third kappa shape index (κ3) is 6.58. The lowest BCUT2D eigenvalue weighted by molar-refractivity contribution is -0.138. The van der Waals surface area contributed by atoms with E-state index in [1.807, 2.05) is 53.3 Å². The monoisotopic (exact) mass is 652 g/mol. The number of carbonyl (C=O) groups excluding carboxylic acids is 2. The third-order valence-corrected chi connectivity index (χ3v) is 11.1. The van der Waals surface area contributed by atoms with Gasteiger partial charge in [-0.3, -0.25) is 19.6 Å². The van der Waals surface area contributed by atoms with E-state index in [1.165, 1.54) is 12.8 Å². The summed E-state index contributed by atoms with van der Waals surface area (Å²) >= 11 is 0. The van der Waals surface area contributed by atoms with Crippen LogP contribution < -0.4 is 5.56 Å². The van der Waals surface area contributed by atoms with Crippen LogP contribution in [-0.2, 0) is 11.2 Å². The highest BCUT2D eigenvalue weighted by atomic mass is 16.2. The first-order valence-electron chi connectivity index (χ1n) is 17.5. The second kappa shape index (κ2) is 13.7. The number of piperidine rings is 2. The summed E-state index contributed by atoms with van der Waals surface area (Å²) in [5.41, 5.74) is 4.63. The highest BCUT2D eigenvalue weighted by molar-refractivity contribution is 5.88. The number of H-pyrrole nitrogens is 2. The van der Waals surface area contributed by atoms with Crippen LogP contribution in [0.1, 0.15) is 48.3 Å². The van der Waals surface area contributed by atoms with E-state index in [-0.39, 0.29) is 23.4 Å². The van der Waals surface area contributed by atoms with Crippen molar-refractivity contribution < 1.29 is 9.59 Å². The summed E-state index contributed by atoms with van der Waals surface area (Å²) in [6.45, 7) is 8.45. The van der Waals surface area contributed by atoms with Gasteiger partial charge in [-0.25, -0.2) is 4.79 Å². The van der Waals surface area contributed by atoms with Crippen molar-refractivity contribution >= 4 is 33.7 Å². The molecule has 3 fully saturated rings. The Kier molecular flexibility index (Phi) is 9.24. The standard InChI is InChI=1S/C37H48N8O3/c1-25-20-26(21-29-24-38-40-34(25)29)22-33(36(47)44-18-16-43(17-19-44)30-10-12-41(2)13-11-30)42(3)37(48)45-14-8-27(9-15-45)31-23-28-6-4-5-7-32(28)39-35(31)46/h4-7,20-21,23-24,27,30,33H,8-19,22H2,1-3H3,(H,38,40)(H,39,46). The van der Waals surface area contributed by atoms with Crippen molar-refractivity contribution in [2.24, 2.45) is 0 Å². The molecule has 0 radical (unpaired) electrons. The average molecular weight is 653 g/mol. The summed E-state index contributed by atoms with van der Waals surface area (Å²) < 4.78 is 0. The van der Waals surface area contributed by atoms with Gasteiger partial charge in [0.2, 0.25) is 5.91 Å². The zero-order chi connectivity index (χ0) is 33.4. The first kappa shape index (κ1) is 32.3. The molecule has 2 aromatic heterocycles. The molecule has 1 atom stereocenters. The summed E-state index contributed by atoms with van der Waals surface area (Å²) in [6, 6.07) is 13.8. The molecule has 3 amide bonds. The van der Waals surface area contributed by atoms with Gasteiger partial charge in [0, 0.05) is 75.2 Å². The number of hydrogen-bond donors (Lipinski definition) is 2. The van der Waals surface area contributed by atoms with Crippen molar-refractivity contribution in [3.05, 3.63) is 75.7 Å². The third-order valence-electron chi connectivity index (χ3n) is 11.1. The van der Waals surface area contributed by atoms with Gasteiger partial charge in [-0.1, -0.05) is 24.3 Å². The smallest absolute Gasteiger partial charge is 0.320 e. The molecule has 1 unspecified atom stereocenters. The first-order chi connectivity index (χ1) is 23.2. The molecule has 2 aromatic carbocycles. The lowest BCUT2D eigenvalue weighted by Crippen LogP contribution is -2.59. The molecule has 254 valence electrons. The maximum Gasteiger partial charge on any atom is 0.320 e. The van der Waals surface area contributed by atoms with Crippen molar-refractivity contribution in [2.75, 3.05) is 66.5 Å². The molecule has 3 aliphatic heterocycles. The summed E-state index contributed by atoms with van der Waals surface area (Å²) in [4.78, 5) is 54.9. The molecule has 5 heterocycles. The number of aryl methyl sites for hydroxylation is 1. The number of para-hydroxylation sites is 1. The van der Waals surface area contributed by atoms with Gasteiger partial charge >= 0.3 is 6.03 Å². The Hall–Kier alpha value is -4.22. The second-order valence-electron chi connectivity index (χ2n) is 14.2. The maximum absolute atomic E-state index is 14.4. The largest absolute Gasteiger partial charge is 0.338 e. The summed E-state index contributed by atoms with van der Waals surface area (Å²) in [7, 11) is 3.97. The van der Waals surface area contributed by atoms with Gasteiger partial charge in [-0.15, -0.1) is 0 Å². The normalized spacial score (nSPS) is 19.6. The molecule has 4 aromatic rings. The number of benzene rings is 2. The number of rotatable bonds is 6. The maximum atomic E-state index is 14.4. The number of nitrogens with one attached hydrogen (secondary N) is 2. The number of urea groups is 1. The molecule has 0 spiro atoms. The molecule has 11 heteroatoms. The minimum Gasteiger partial charge on any atom is -0.338 e. The van der Waals surface area contributed by atoms with Crippen molar-refractivity contribution in [1.82, 2.24) is 39.7 Å². The van der Waals surface area contributed by atoms with E-state index in [0.29, 0.717) is 51.5 Å². The molecule has 3 aliphatic rings. The quantitative estimate of drug-likeness (QED) is 0.328. The SMILES string of the molecule is Cc1cc(CC(C(=O)N2CCN(C3CCN(C)CC3)CC2)N(C)C(=O)N2CCC(c3cc4ccccc4[nH]c3=O)CC2)cc2cn[nH]c12. The molecular formula is C37H48N8O3. The van der Waals surface area contributed by atoms with Crippen LogP contribution in [0.4, 0.5) is 4.79 Å². The van der Waals surface area contributed by atoms with Crippen LogP contribution in [0.3, 0.4) is 0 Å². The minimum absolute atomic E-state index is 0.0106. The van der Waals surface area contributed by atoms with Gasteiger partial charge in [-0.2, -0.15) is 5.10 Å². The number of nitrogens with zero attached hydrogens (tertiary/aromatic N) is 6. The molecule has 0 saturated carbocycles. The van der Waals surface area contributed by atoms with Crippen molar-refractivity contribution in [2.45, 2.75) is 57.0 Å². The second-order valence-corrected chi connectivity index (χ2v) is 14.2. The number of likely N-dealkylation sites (tertiary alicyclic amines) is 2. The Morgan fingerprint density at radius 1 is 0.917 bits per heavy atom. The Labute approximate surface area is 281 Å². The van der Waals surface area contributed by atoms with E-state index < -0.39 is 6.04 Å². The molecule has 11 nitrogen and oxygen atoms in total. The number of pyridine rings is 1. The van der Waals surface area contributed by atoms with E-state index in [2.05, 4.69) is 44.2 Å². The van der Waals surface area contributed by atoms with Crippen LogP contribution in [0.25, 0.3) is 21.8 Å². The fourth-order valence-corrected chi connectivity index (χ4v) is 8.13. The molecule has 48 heavy (non-hydrogen) atoms. The molecule has 0 aliphatic carbocycles. The number of fused-ring (bicyclic) bond motifs is 2. The number of aromatic nitrogens is 3. The Bertz CT molecular complexity index is 1830. The summed E-state index contributed by atoms with van der Waals surface area (Å²) in [5, 5.41) is 9.29. The Morgan fingerprint density at radius 3 is 2.40 bits per heavy atom. The Morgan fingerprint density at radius 2 is 1.65 bits per heavy atom. The van der Waals surface area contributed by atoms with Crippen molar-refractivity contribution in [3.8, 4) is 0 Å². The fourth-order valence-electron chi connectivity index (χ4n) is 8.13. The number of hydrogen-bond acceptors (Lipinski definition) is 6. The van der Waals surface area contributed by atoms with Gasteiger partial charge in [0.05, 0.1) is 11.7 Å². The first-order valence-corrected chi connectivity index (χ1v) is 17.5. The highest BCUT2D eigenvalue weighted by Crippen LogP contribution is 2.29. The number of aromatic amines is 2. The predicted octanol–water partition coefficient (Wildman–Crippen LogP) is 3.79. The molecule has 7 rings (SSSR count). The van der Waals surface area contributed by atoms with Crippen LogP contribution >= 0.6 is 0 Å². The van der Waals surface area contributed by atoms with Gasteiger partial charge in [0.25, 0.3) is 5.56 Å². The lowest BCUT2D eigenvalue weighted by Gasteiger charge is -2.44. The van der Waals surface area contributed by atoms with E-state index in [4.69, 9.17) is 0 Å². The molecule has 2 N–H and O–H groups in total. The van der Waals surface area contributed by atoms with E-state index in [1.54, 1.807) is 11.9 Å². The highest BCUT2D eigenvalue weighted by Gasteiger charge is 2.37. The van der Waals surface area contributed by atoms with E-state index in [0.717, 1.165) is 64.7 Å². The zero-order valence-electron chi connectivity index (χ0n) is 28.5. The van der Waals surface area contributed by atoms with E-state index in [9.17, 15) is 14.4 Å². The van der Waals surface area contributed by atoms with Gasteiger partial charge in [0.1, 0.15) is 6.04 Å². The van der Waals surface area contributed by atoms with Crippen molar-refractivity contribution in [1.29, 1.82) is 0 Å².